The zero-order valence-electron chi connectivity index (χ0n) is 37.8. The summed E-state index contributed by atoms with van der Waals surface area (Å²) in [5, 5.41) is 1.03. The number of benzene rings is 8. The Morgan fingerprint density at radius 2 is 1.24 bits per heavy atom. The first-order valence-corrected chi connectivity index (χ1v) is 14.9. The van der Waals surface area contributed by atoms with E-state index in [4.69, 9.17) is 18.4 Å². The zero-order valence-corrected chi connectivity index (χ0v) is 23.8. The summed E-state index contributed by atoms with van der Waals surface area (Å²) in [6, 6.07) is 16.0. The van der Waals surface area contributed by atoms with Gasteiger partial charge in [0.2, 0.25) is 0 Å². The van der Waals surface area contributed by atoms with E-state index in [1.807, 2.05) is 48.5 Å². The molecule has 1 unspecified atom stereocenters. The molecule has 0 radical (unpaired) electrons. The second-order valence-electron chi connectivity index (χ2n) is 11.7. The van der Waals surface area contributed by atoms with Gasteiger partial charge in [0, 0.05) is 10.9 Å². The minimum atomic E-state index is -1.64. The molecule has 1 heterocycles. The van der Waals surface area contributed by atoms with Crippen molar-refractivity contribution in [1.82, 2.24) is 0 Å². The molecule has 212 valence electrons. The van der Waals surface area contributed by atoms with E-state index < -0.39 is 59.8 Å². The van der Waals surface area contributed by atoms with Crippen LogP contribution in [0.4, 0.5) is 0 Å². The molecule has 8 aromatic carbocycles. The van der Waals surface area contributed by atoms with Crippen molar-refractivity contribution in [2.24, 2.45) is 0 Å². The highest BCUT2D eigenvalue weighted by atomic mass is 16.5. The lowest BCUT2D eigenvalue weighted by Gasteiger charge is -2.31. The van der Waals surface area contributed by atoms with Gasteiger partial charge in [0.25, 0.3) is 0 Å². The summed E-state index contributed by atoms with van der Waals surface area (Å²) in [5.74, 6) is 0.436. The van der Waals surface area contributed by atoms with Crippen LogP contribution in [0.5, 0.6) is 11.5 Å². The second-order valence-corrected chi connectivity index (χ2v) is 11.7. The topological polar surface area (TPSA) is 9.23 Å². The Balaban J connectivity index is 1.29. The molecule has 8 aromatic rings. The van der Waals surface area contributed by atoms with Crippen molar-refractivity contribution < 1.29 is 23.9 Å². The van der Waals surface area contributed by atoms with Gasteiger partial charge in [-0.25, -0.2) is 0 Å². The van der Waals surface area contributed by atoms with E-state index in [0.717, 1.165) is 5.56 Å². The molecule has 0 aromatic heterocycles. The van der Waals surface area contributed by atoms with Gasteiger partial charge >= 0.3 is 0 Å². The zero-order chi connectivity index (χ0) is 42.2. The molecular formula is C45H26O. The third-order valence-electron chi connectivity index (χ3n) is 9.68. The molecule has 0 amide bonds. The number of fused-ring (bicyclic) bond motifs is 14. The van der Waals surface area contributed by atoms with E-state index in [-0.39, 0.29) is 74.6 Å². The SMILES string of the molecule is [2H]c1c([2H])c([2H])c2c(c1[2H])Oc1ccc(-c3ccc4c(c3)C3(c5ccccc5-4)c4c([2H])c([2H])c([2H])c([2H])c4-c4c3c([2H])c([2H])c3c([2H])c([2H])c([2H])c([2H])c43)c3cccc-2c13. The molecule has 1 heteroatoms. The molecule has 3 aliphatic rings. The molecule has 0 fully saturated rings. The standard InChI is InChI=1S/C45H26O/c1-2-11-30-27(10-1)21-24-39-43(30)36-14-4-7-18-38(36)45(39)37-17-6-3-12-31(37)32-22-20-28(26-40(32)45)29-23-25-42-44-34(29)15-9-16-35(44)33-13-5-8-19-41(33)46-42/h1-26H/i1D,2D,4D,5D,7D,8D,10D,11D,13D,14D,18D,19D,21D,24D. The van der Waals surface area contributed by atoms with Gasteiger partial charge in [0.15, 0.2) is 0 Å². The first-order valence-electron chi connectivity index (χ1n) is 21.9. The monoisotopic (exact) mass is 596 g/mol. The summed E-state index contributed by atoms with van der Waals surface area (Å²) in [6.07, 6.45) is 0. The van der Waals surface area contributed by atoms with Crippen molar-refractivity contribution in [2.75, 3.05) is 0 Å². The van der Waals surface area contributed by atoms with Gasteiger partial charge in [-0.1, -0.05) is 139 Å². The maximum absolute atomic E-state index is 9.74. The molecule has 11 rings (SSSR count). The fourth-order valence-corrected chi connectivity index (χ4v) is 7.93. The third kappa shape index (κ3) is 2.87. The first kappa shape index (κ1) is 14.9. The molecule has 2 aliphatic carbocycles. The number of rotatable bonds is 1. The fourth-order valence-electron chi connectivity index (χ4n) is 7.93. The second kappa shape index (κ2) is 8.62. The smallest absolute Gasteiger partial charge is 0.135 e. The van der Waals surface area contributed by atoms with Gasteiger partial charge in [-0.15, -0.1) is 0 Å². The van der Waals surface area contributed by atoms with Gasteiger partial charge in [-0.2, -0.15) is 0 Å². The molecule has 1 aliphatic heterocycles. The van der Waals surface area contributed by atoms with E-state index in [0.29, 0.717) is 49.9 Å². The average molecular weight is 597 g/mol. The third-order valence-corrected chi connectivity index (χ3v) is 9.68. The van der Waals surface area contributed by atoms with Gasteiger partial charge in [-0.3, -0.25) is 0 Å². The van der Waals surface area contributed by atoms with Crippen molar-refractivity contribution in [3.05, 3.63) is 180 Å². The van der Waals surface area contributed by atoms with Crippen molar-refractivity contribution >= 4 is 21.5 Å². The number of para-hydroxylation sites is 1. The molecule has 0 bridgehead atoms. The van der Waals surface area contributed by atoms with Crippen LogP contribution in [-0.4, -0.2) is 0 Å². The quantitative estimate of drug-likeness (QED) is 0.183. The first-order chi connectivity index (χ1) is 28.6. The average Bonchev–Trinajstić information content (AvgIpc) is 3.73. The number of hydrogen-bond donors (Lipinski definition) is 0. The van der Waals surface area contributed by atoms with Crippen LogP contribution < -0.4 is 4.74 Å². The maximum atomic E-state index is 9.74. The summed E-state index contributed by atoms with van der Waals surface area (Å²) in [7, 11) is 0. The molecule has 1 atom stereocenters. The number of ether oxygens (including phenoxy) is 1. The molecule has 0 saturated carbocycles. The number of hydrogen-bond acceptors (Lipinski definition) is 1. The Kier molecular flexibility index (Phi) is 2.79. The predicted octanol–water partition coefficient (Wildman–Crippen LogP) is 11.8. The van der Waals surface area contributed by atoms with E-state index >= 15 is 0 Å². The van der Waals surface area contributed by atoms with Crippen molar-refractivity contribution in [1.29, 1.82) is 0 Å². The normalized spacial score (nSPS) is 20.3. The van der Waals surface area contributed by atoms with Crippen LogP contribution in [0.15, 0.2) is 157 Å². The Morgan fingerprint density at radius 3 is 2.22 bits per heavy atom. The summed E-state index contributed by atoms with van der Waals surface area (Å²) in [6.45, 7) is 0. The van der Waals surface area contributed by atoms with Gasteiger partial charge < -0.3 is 4.74 Å². The fraction of sp³-hybridized carbons (Fsp3) is 0.0222. The van der Waals surface area contributed by atoms with Crippen LogP contribution in [0.3, 0.4) is 0 Å². The molecule has 0 N–H and O–H groups in total. The van der Waals surface area contributed by atoms with Crippen molar-refractivity contribution in [3.8, 4) is 56.0 Å². The van der Waals surface area contributed by atoms with Gasteiger partial charge in [0.05, 0.1) is 24.6 Å². The highest BCUT2D eigenvalue weighted by molar-refractivity contribution is 6.11. The van der Waals surface area contributed by atoms with Gasteiger partial charge in [0.1, 0.15) is 11.5 Å². The van der Waals surface area contributed by atoms with Crippen LogP contribution >= 0.6 is 0 Å². The van der Waals surface area contributed by atoms with E-state index in [9.17, 15) is 5.48 Å². The van der Waals surface area contributed by atoms with Crippen LogP contribution in [-0.2, 0) is 5.41 Å². The van der Waals surface area contributed by atoms with Crippen molar-refractivity contribution in [3.63, 3.8) is 0 Å². The highest BCUT2D eigenvalue weighted by Crippen LogP contribution is 2.64. The van der Waals surface area contributed by atoms with E-state index in [1.54, 1.807) is 24.3 Å². The minimum Gasteiger partial charge on any atom is -0.456 e. The molecule has 0 saturated heterocycles. The lowest BCUT2D eigenvalue weighted by atomic mass is 9.70. The van der Waals surface area contributed by atoms with Crippen LogP contribution in [0.1, 0.15) is 41.4 Å². The predicted molar refractivity (Wildman–Crippen MR) is 189 cm³/mol. The summed E-state index contributed by atoms with van der Waals surface area (Å²) in [5.41, 5.74) is 3.45. The molecule has 1 spiro atoms. The summed E-state index contributed by atoms with van der Waals surface area (Å²) >= 11 is 0. The Bertz CT molecular complexity index is 3410. The summed E-state index contributed by atoms with van der Waals surface area (Å²) in [4.78, 5) is 0. The Hall–Kier alpha value is -5.92. The molecule has 46 heavy (non-hydrogen) atoms. The lowest BCUT2D eigenvalue weighted by Crippen LogP contribution is -2.25. The van der Waals surface area contributed by atoms with Crippen LogP contribution in [0, 0.1) is 0 Å². The molecule has 1 nitrogen and oxygen atoms in total. The van der Waals surface area contributed by atoms with Crippen LogP contribution in [0.2, 0.25) is 0 Å². The molecular weight excluding hydrogens is 556 g/mol. The van der Waals surface area contributed by atoms with Crippen LogP contribution in [0.25, 0.3) is 66.1 Å². The maximum Gasteiger partial charge on any atom is 0.135 e. The van der Waals surface area contributed by atoms with E-state index in [2.05, 4.69) is 0 Å². The van der Waals surface area contributed by atoms with E-state index in [1.165, 1.54) is 0 Å². The Morgan fingerprint density at radius 1 is 0.457 bits per heavy atom. The lowest BCUT2D eigenvalue weighted by molar-refractivity contribution is 0.487. The summed E-state index contributed by atoms with van der Waals surface area (Å²) < 4.78 is 131. The highest BCUT2D eigenvalue weighted by Gasteiger charge is 2.52. The Labute approximate surface area is 286 Å². The van der Waals surface area contributed by atoms with Gasteiger partial charge in [-0.05, 0) is 95.5 Å². The minimum absolute atomic E-state index is 0.00884. The van der Waals surface area contributed by atoms with Crippen molar-refractivity contribution in [2.45, 2.75) is 5.41 Å². The largest absolute Gasteiger partial charge is 0.456 e.